The molecule has 0 radical (unpaired) electrons. The standard InChI is InChI=1S/C49H38N2/c1-4-12-35(5-2)37-21-28-44(29-22-37)51(46-32-25-36-13-6-7-14-40(36)34-46)45-30-23-39(24-31-45)38-19-26-43(27-20-38)50(3)49-47-17-10-8-15-41(47)33-42-16-9-11-18-48(42)49/h4-34H,1-2H2,3H3/b35-12+. The van der Waals surface area contributed by atoms with Gasteiger partial charge in [-0.25, -0.2) is 0 Å². The SMILES string of the molecule is C=C/C=C(\C=C)c1ccc(N(c2ccc(-c3ccc(N(C)c4c5ccccc5cc5ccccc45)cc3)cc2)c2ccc3ccccc3c2)cc1. The second kappa shape index (κ2) is 13.7. The molecular weight excluding hydrogens is 617 g/mol. The van der Waals surface area contributed by atoms with E-state index < -0.39 is 0 Å². The van der Waals surface area contributed by atoms with Crippen LogP contribution in [0.5, 0.6) is 0 Å². The van der Waals surface area contributed by atoms with Gasteiger partial charge in [-0.05, 0) is 98.4 Å². The van der Waals surface area contributed by atoms with Gasteiger partial charge in [-0.15, -0.1) is 0 Å². The van der Waals surface area contributed by atoms with Crippen molar-refractivity contribution < 1.29 is 0 Å². The fraction of sp³-hybridized carbons (Fsp3) is 0.0204. The van der Waals surface area contributed by atoms with Gasteiger partial charge in [-0.2, -0.15) is 0 Å². The summed E-state index contributed by atoms with van der Waals surface area (Å²) in [4.78, 5) is 4.63. The van der Waals surface area contributed by atoms with Gasteiger partial charge in [0.05, 0.1) is 5.69 Å². The molecule has 0 heterocycles. The van der Waals surface area contributed by atoms with Gasteiger partial charge in [0.2, 0.25) is 0 Å². The Bertz CT molecular complexity index is 2500. The molecule has 0 spiro atoms. The molecule has 0 aliphatic heterocycles. The predicted octanol–water partition coefficient (Wildman–Crippen LogP) is 13.8. The van der Waals surface area contributed by atoms with Gasteiger partial charge in [0.1, 0.15) is 0 Å². The summed E-state index contributed by atoms with van der Waals surface area (Å²) in [5.41, 5.74) is 10.1. The first-order chi connectivity index (χ1) is 25.1. The Morgan fingerprint density at radius 2 is 0.961 bits per heavy atom. The zero-order valence-electron chi connectivity index (χ0n) is 28.7. The number of nitrogens with zero attached hydrogens (tertiary/aromatic N) is 2. The van der Waals surface area contributed by atoms with Crippen LogP contribution in [0.3, 0.4) is 0 Å². The average molecular weight is 655 g/mol. The van der Waals surface area contributed by atoms with Gasteiger partial charge < -0.3 is 9.80 Å². The Labute approximate surface area is 300 Å². The maximum Gasteiger partial charge on any atom is 0.0567 e. The van der Waals surface area contributed by atoms with E-state index in [0.717, 1.165) is 33.9 Å². The van der Waals surface area contributed by atoms with Crippen molar-refractivity contribution in [1.82, 2.24) is 0 Å². The van der Waals surface area contributed by atoms with Crippen LogP contribution in [-0.4, -0.2) is 7.05 Å². The van der Waals surface area contributed by atoms with Gasteiger partial charge in [-0.1, -0.05) is 147 Å². The molecule has 2 heteroatoms. The maximum absolute atomic E-state index is 3.99. The van der Waals surface area contributed by atoms with Gasteiger partial charge in [0.25, 0.3) is 0 Å². The zero-order chi connectivity index (χ0) is 34.7. The van der Waals surface area contributed by atoms with Crippen molar-refractivity contribution >= 4 is 66.3 Å². The van der Waals surface area contributed by atoms with Crippen LogP contribution in [0.25, 0.3) is 49.0 Å². The van der Waals surface area contributed by atoms with Crippen LogP contribution in [0.15, 0.2) is 201 Å². The third-order valence-corrected chi connectivity index (χ3v) is 9.76. The topological polar surface area (TPSA) is 6.48 Å². The molecule has 0 aliphatic carbocycles. The van der Waals surface area contributed by atoms with Crippen LogP contribution in [0.4, 0.5) is 28.4 Å². The Hall–Kier alpha value is -6.64. The highest BCUT2D eigenvalue weighted by Gasteiger charge is 2.16. The second-order valence-corrected chi connectivity index (χ2v) is 12.8. The predicted molar refractivity (Wildman–Crippen MR) is 222 cm³/mol. The summed E-state index contributed by atoms with van der Waals surface area (Å²) >= 11 is 0. The minimum Gasteiger partial charge on any atom is -0.344 e. The van der Waals surface area contributed by atoms with E-state index >= 15 is 0 Å². The highest BCUT2D eigenvalue weighted by Crippen LogP contribution is 2.40. The van der Waals surface area contributed by atoms with Crippen molar-refractivity contribution in [3.63, 3.8) is 0 Å². The molecule has 51 heavy (non-hydrogen) atoms. The number of allylic oxidation sites excluding steroid dienone is 4. The van der Waals surface area contributed by atoms with Crippen LogP contribution < -0.4 is 9.80 Å². The largest absolute Gasteiger partial charge is 0.344 e. The van der Waals surface area contributed by atoms with E-state index in [0.29, 0.717) is 0 Å². The van der Waals surface area contributed by atoms with Gasteiger partial charge in [0.15, 0.2) is 0 Å². The van der Waals surface area contributed by atoms with Crippen LogP contribution in [0.1, 0.15) is 5.56 Å². The first kappa shape index (κ1) is 31.6. The van der Waals surface area contributed by atoms with E-state index in [9.17, 15) is 0 Å². The third kappa shape index (κ3) is 6.09. The molecule has 0 fully saturated rings. The third-order valence-electron chi connectivity index (χ3n) is 9.76. The Morgan fingerprint density at radius 3 is 1.53 bits per heavy atom. The first-order valence-electron chi connectivity index (χ1n) is 17.3. The number of benzene rings is 8. The summed E-state index contributed by atoms with van der Waals surface area (Å²) in [6, 6.07) is 61.2. The Balaban J connectivity index is 1.13. The van der Waals surface area contributed by atoms with Crippen molar-refractivity contribution in [3.05, 3.63) is 207 Å². The van der Waals surface area contributed by atoms with Crippen molar-refractivity contribution in [1.29, 1.82) is 0 Å². The lowest BCUT2D eigenvalue weighted by atomic mass is 9.99. The molecule has 0 bridgehead atoms. The lowest BCUT2D eigenvalue weighted by Crippen LogP contribution is -2.10. The summed E-state index contributed by atoms with van der Waals surface area (Å²) < 4.78 is 0. The zero-order valence-corrected chi connectivity index (χ0v) is 28.7. The van der Waals surface area contributed by atoms with E-state index in [4.69, 9.17) is 0 Å². The molecule has 8 aromatic rings. The fourth-order valence-electron chi connectivity index (χ4n) is 7.14. The van der Waals surface area contributed by atoms with E-state index in [1.165, 1.54) is 49.1 Å². The summed E-state index contributed by atoms with van der Waals surface area (Å²) in [5, 5.41) is 7.41. The molecule has 244 valence electrons. The average Bonchev–Trinajstić information content (AvgIpc) is 3.19. The minimum atomic E-state index is 1.04. The Morgan fingerprint density at radius 1 is 0.471 bits per heavy atom. The highest BCUT2D eigenvalue weighted by molar-refractivity contribution is 6.12. The van der Waals surface area contributed by atoms with E-state index in [1.807, 2.05) is 12.2 Å². The lowest BCUT2D eigenvalue weighted by molar-refractivity contribution is 1.23. The number of rotatable bonds is 9. The van der Waals surface area contributed by atoms with Crippen molar-refractivity contribution in [2.24, 2.45) is 0 Å². The normalized spacial score (nSPS) is 11.5. The van der Waals surface area contributed by atoms with Gasteiger partial charge >= 0.3 is 0 Å². The van der Waals surface area contributed by atoms with Crippen molar-refractivity contribution in [2.75, 3.05) is 16.8 Å². The summed E-state index contributed by atoms with van der Waals surface area (Å²) in [7, 11) is 2.17. The molecule has 2 nitrogen and oxygen atoms in total. The number of fused-ring (bicyclic) bond motifs is 3. The highest BCUT2D eigenvalue weighted by atomic mass is 15.1. The molecule has 0 saturated heterocycles. The molecule has 0 amide bonds. The van der Waals surface area contributed by atoms with E-state index in [2.05, 4.69) is 200 Å². The molecule has 8 aromatic carbocycles. The quantitative estimate of drug-likeness (QED) is 0.113. The second-order valence-electron chi connectivity index (χ2n) is 12.8. The lowest BCUT2D eigenvalue weighted by Gasteiger charge is -2.26. The van der Waals surface area contributed by atoms with Gasteiger partial charge in [0, 0.05) is 40.6 Å². The van der Waals surface area contributed by atoms with E-state index in [-0.39, 0.29) is 0 Å². The Kier molecular flexibility index (Phi) is 8.49. The van der Waals surface area contributed by atoms with E-state index in [1.54, 1.807) is 6.08 Å². The smallest absolute Gasteiger partial charge is 0.0567 e. The molecule has 0 saturated carbocycles. The van der Waals surface area contributed by atoms with Crippen LogP contribution in [0, 0.1) is 0 Å². The molecule has 0 atom stereocenters. The summed E-state index contributed by atoms with van der Waals surface area (Å²) in [6.07, 6.45) is 5.65. The molecule has 0 N–H and O–H groups in total. The van der Waals surface area contributed by atoms with Crippen molar-refractivity contribution in [3.8, 4) is 11.1 Å². The molecule has 8 rings (SSSR count). The number of hydrogen-bond acceptors (Lipinski definition) is 2. The number of anilines is 5. The molecular formula is C49H38N2. The molecule has 0 unspecified atom stereocenters. The summed E-state index contributed by atoms with van der Waals surface area (Å²) in [6.45, 7) is 7.85. The van der Waals surface area contributed by atoms with Crippen molar-refractivity contribution in [2.45, 2.75) is 0 Å². The monoisotopic (exact) mass is 654 g/mol. The van der Waals surface area contributed by atoms with Crippen LogP contribution in [-0.2, 0) is 0 Å². The maximum atomic E-state index is 3.99. The van der Waals surface area contributed by atoms with Crippen LogP contribution in [0.2, 0.25) is 0 Å². The first-order valence-corrected chi connectivity index (χ1v) is 17.3. The molecule has 0 aromatic heterocycles. The number of hydrogen-bond donors (Lipinski definition) is 0. The summed E-state index contributed by atoms with van der Waals surface area (Å²) in [5.74, 6) is 0. The fourth-order valence-corrected chi connectivity index (χ4v) is 7.14. The minimum absolute atomic E-state index is 1.04. The molecule has 0 aliphatic rings. The van der Waals surface area contributed by atoms with Gasteiger partial charge in [-0.3, -0.25) is 0 Å². The van der Waals surface area contributed by atoms with Crippen LogP contribution >= 0.6 is 0 Å².